The Morgan fingerprint density at radius 3 is 2.56 bits per heavy atom. The second-order valence-electron chi connectivity index (χ2n) is 8.50. The van der Waals surface area contributed by atoms with Crippen LogP contribution in [0.3, 0.4) is 0 Å². The van der Waals surface area contributed by atoms with Gasteiger partial charge in [-0.25, -0.2) is 9.98 Å². The summed E-state index contributed by atoms with van der Waals surface area (Å²) in [5.74, 6) is 2.11. The van der Waals surface area contributed by atoms with Crippen molar-refractivity contribution in [2.24, 2.45) is 4.99 Å². The van der Waals surface area contributed by atoms with E-state index in [4.69, 9.17) is 14.5 Å². The van der Waals surface area contributed by atoms with Crippen molar-refractivity contribution in [3.05, 3.63) is 23.9 Å². The largest absolute Gasteiger partial charge is 0.385 e. The summed E-state index contributed by atoms with van der Waals surface area (Å²) >= 11 is 0. The summed E-state index contributed by atoms with van der Waals surface area (Å²) in [6, 6.07) is 4.31. The fourth-order valence-corrected chi connectivity index (χ4v) is 4.31. The highest BCUT2D eigenvalue weighted by Gasteiger charge is 2.22. The van der Waals surface area contributed by atoms with E-state index in [1.165, 1.54) is 31.2 Å². The van der Waals surface area contributed by atoms with Crippen LogP contribution in [-0.2, 0) is 16.0 Å². The van der Waals surface area contributed by atoms with Crippen LogP contribution in [0.25, 0.3) is 0 Å². The zero-order valence-electron chi connectivity index (χ0n) is 19.9. The van der Waals surface area contributed by atoms with Crippen molar-refractivity contribution in [3.63, 3.8) is 0 Å². The SMILES string of the molecule is CCNC(=NCc1ccnc(N2CCCCCC2)c1)N1CCC(OCCCOC)CC1.I. The zero-order chi connectivity index (χ0) is 21.7. The summed E-state index contributed by atoms with van der Waals surface area (Å²) < 4.78 is 11.1. The molecule has 3 rings (SSSR count). The molecule has 0 radical (unpaired) electrons. The number of rotatable bonds is 9. The molecule has 0 bridgehead atoms. The van der Waals surface area contributed by atoms with Crippen molar-refractivity contribution >= 4 is 35.8 Å². The van der Waals surface area contributed by atoms with Crippen LogP contribution in [-0.4, -0.2) is 75.0 Å². The Hall–Kier alpha value is -1.13. The Bertz CT molecular complexity index is 660. The molecule has 1 aromatic heterocycles. The van der Waals surface area contributed by atoms with Crippen LogP contribution in [0.2, 0.25) is 0 Å². The number of likely N-dealkylation sites (tertiary alicyclic amines) is 1. The standard InChI is InChI=1S/C24H41N5O2.HI/c1-3-25-24(29-15-10-22(11-16-29)31-18-8-17-30-2)27-20-21-9-12-26-23(19-21)28-13-6-4-5-7-14-28;/h9,12,19,22H,3-8,10-11,13-18,20H2,1-2H3,(H,25,27);1H. The highest BCUT2D eigenvalue weighted by atomic mass is 127. The van der Waals surface area contributed by atoms with Crippen molar-refractivity contribution in [1.82, 2.24) is 15.2 Å². The van der Waals surface area contributed by atoms with Crippen LogP contribution in [0.15, 0.2) is 23.3 Å². The minimum atomic E-state index is 0. The molecule has 0 amide bonds. The van der Waals surface area contributed by atoms with E-state index >= 15 is 0 Å². The Morgan fingerprint density at radius 2 is 1.88 bits per heavy atom. The van der Waals surface area contributed by atoms with E-state index in [1.807, 2.05) is 6.20 Å². The lowest BCUT2D eigenvalue weighted by molar-refractivity contribution is 0.00990. The van der Waals surface area contributed by atoms with Gasteiger partial charge in [-0.1, -0.05) is 12.8 Å². The Morgan fingerprint density at radius 1 is 1.12 bits per heavy atom. The molecule has 0 spiro atoms. The van der Waals surface area contributed by atoms with Gasteiger partial charge in [-0.15, -0.1) is 24.0 Å². The highest BCUT2D eigenvalue weighted by molar-refractivity contribution is 14.0. The van der Waals surface area contributed by atoms with Gasteiger partial charge in [-0.05, 0) is 56.7 Å². The molecule has 0 unspecified atom stereocenters. The lowest BCUT2D eigenvalue weighted by atomic mass is 10.1. The molecule has 7 nitrogen and oxygen atoms in total. The summed E-state index contributed by atoms with van der Waals surface area (Å²) in [4.78, 5) is 14.4. The fraction of sp³-hybridized carbons (Fsp3) is 0.750. The molecule has 0 saturated carbocycles. The van der Waals surface area contributed by atoms with E-state index in [-0.39, 0.29) is 24.0 Å². The number of piperidine rings is 1. The van der Waals surface area contributed by atoms with Gasteiger partial charge in [-0.2, -0.15) is 0 Å². The molecule has 2 aliphatic rings. The van der Waals surface area contributed by atoms with Gasteiger partial charge in [0.05, 0.1) is 12.6 Å². The number of hydrogen-bond donors (Lipinski definition) is 1. The monoisotopic (exact) mass is 559 g/mol. The van der Waals surface area contributed by atoms with Gasteiger partial charge in [0, 0.05) is 59.2 Å². The van der Waals surface area contributed by atoms with E-state index in [0.29, 0.717) is 12.6 Å². The van der Waals surface area contributed by atoms with Crippen LogP contribution in [0, 0.1) is 0 Å². The van der Waals surface area contributed by atoms with E-state index in [1.54, 1.807) is 7.11 Å². The predicted molar refractivity (Wildman–Crippen MR) is 142 cm³/mol. The molecule has 0 atom stereocenters. The smallest absolute Gasteiger partial charge is 0.194 e. The predicted octanol–water partition coefficient (Wildman–Crippen LogP) is 4.06. The van der Waals surface area contributed by atoms with Crippen molar-refractivity contribution in [1.29, 1.82) is 0 Å². The molecule has 32 heavy (non-hydrogen) atoms. The first-order valence-corrected chi connectivity index (χ1v) is 12.1. The Kier molecular flexibility index (Phi) is 13.3. The molecule has 1 aromatic rings. The van der Waals surface area contributed by atoms with Gasteiger partial charge >= 0.3 is 0 Å². The van der Waals surface area contributed by atoms with Gasteiger partial charge in [-0.3, -0.25) is 0 Å². The van der Waals surface area contributed by atoms with E-state index < -0.39 is 0 Å². The van der Waals surface area contributed by atoms with E-state index in [2.05, 4.69) is 39.2 Å². The third-order valence-electron chi connectivity index (χ3n) is 6.07. The molecule has 2 saturated heterocycles. The van der Waals surface area contributed by atoms with Crippen LogP contribution in [0.1, 0.15) is 57.4 Å². The summed E-state index contributed by atoms with van der Waals surface area (Å²) in [6.07, 6.45) is 10.5. The maximum atomic E-state index is 6.00. The van der Waals surface area contributed by atoms with Gasteiger partial charge in [0.25, 0.3) is 0 Å². The topological polar surface area (TPSA) is 62.2 Å². The molecule has 0 aliphatic carbocycles. The molecule has 2 fully saturated rings. The van der Waals surface area contributed by atoms with Crippen molar-refractivity contribution in [2.45, 2.75) is 64.5 Å². The first-order chi connectivity index (χ1) is 15.3. The van der Waals surface area contributed by atoms with E-state index in [0.717, 1.165) is 77.0 Å². The quantitative estimate of drug-likeness (QED) is 0.213. The van der Waals surface area contributed by atoms with Crippen LogP contribution in [0.4, 0.5) is 5.82 Å². The van der Waals surface area contributed by atoms with Gasteiger partial charge in [0.2, 0.25) is 0 Å². The number of aromatic nitrogens is 1. The van der Waals surface area contributed by atoms with Crippen molar-refractivity contribution < 1.29 is 9.47 Å². The fourth-order valence-electron chi connectivity index (χ4n) is 4.31. The maximum Gasteiger partial charge on any atom is 0.194 e. The first kappa shape index (κ1) is 27.1. The van der Waals surface area contributed by atoms with Crippen LogP contribution in [0.5, 0.6) is 0 Å². The summed E-state index contributed by atoms with van der Waals surface area (Å²) in [5, 5.41) is 3.48. The summed E-state index contributed by atoms with van der Waals surface area (Å²) in [7, 11) is 1.74. The molecule has 3 heterocycles. The van der Waals surface area contributed by atoms with Gasteiger partial charge in [0.1, 0.15) is 5.82 Å². The van der Waals surface area contributed by atoms with E-state index in [9.17, 15) is 0 Å². The van der Waals surface area contributed by atoms with Crippen LogP contribution >= 0.6 is 24.0 Å². The number of anilines is 1. The molecule has 1 N–H and O–H groups in total. The average Bonchev–Trinajstić information content (AvgIpc) is 3.10. The number of methoxy groups -OCH3 is 1. The minimum Gasteiger partial charge on any atom is -0.385 e. The minimum absolute atomic E-state index is 0. The molecule has 8 heteroatoms. The zero-order valence-corrected chi connectivity index (χ0v) is 22.3. The third kappa shape index (κ3) is 9.02. The highest BCUT2D eigenvalue weighted by Crippen LogP contribution is 2.19. The number of hydrogen-bond acceptors (Lipinski definition) is 5. The number of aliphatic imine (C=N–C) groups is 1. The number of pyridine rings is 1. The van der Waals surface area contributed by atoms with Gasteiger partial charge in [0.15, 0.2) is 5.96 Å². The number of nitrogens with zero attached hydrogens (tertiary/aromatic N) is 4. The lowest BCUT2D eigenvalue weighted by Crippen LogP contribution is -2.47. The van der Waals surface area contributed by atoms with Crippen LogP contribution < -0.4 is 10.2 Å². The normalized spacial score (nSPS) is 18.2. The van der Waals surface area contributed by atoms with Crippen molar-refractivity contribution in [2.75, 3.05) is 57.9 Å². The molecular weight excluding hydrogens is 517 g/mol. The first-order valence-electron chi connectivity index (χ1n) is 12.1. The third-order valence-corrected chi connectivity index (χ3v) is 6.07. The Labute approximate surface area is 211 Å². The molecular formula is C24H42IN5O2. The lowest BCUT2D eigenvalue weighted by Gasteiger charge is -2.34. The number of ether oxygens (including phenoxy) is 2. The summed E-state index contributed by atoms with van der Waals surface area (Å²) in [5.41, 5.74) is 1.22. The number of nitrogens with one attached hydrogen (secondary N) is 1. The van der Waals surface area contributed by atoms with Gasteiger partial charge < -0.3 is 24.6 Å². The second-order valence-corrected chi connectivity index (χ2v) is 8.50. The van der Waals surface area contributed by atoms with Crippen molar-refractivity contribution in [3.8, 4) is 0 Å². The molecule has 2 aliphatic heterocycles. The number of guanidine groups is 1. The summed E-state index contributed by atoms with van der Waals surface area (Å²) in [6.45, 7) is 9.44. The average molecular weight is 560 g/mol. The molecule has 0 aromatic carbocycles. The molecule has 182 valence electrons. The number of halogens is 1. The Balaban J connectivity index is 0.00000363. The maximum absolute atomic E-state index is 6.00. The second kappa shape index (κ2) is 15.7.